The molecule has 3 rings (SSSR count). The molecule has 0 saturated heterocycles. The number of nitriles is 1. The summed E-state index contributed by atoms with van der Waals surface area (Å²) in [6, 6.07) is 27.0. The fourth-order valence-corrected chi connectivity index (χ4v) is 4.42. The average molecular weight is 510 g/mol. The van der Waals surface area contributed by atoms with Crippen LogP contribution in [0.4, 0.5) is 0 Å². The molecule has 0 fully saturated rings. The van der Waals surface area contributed by atoms with E-state index in [0.717, 1.165) is 0 Å². The smallest absolute Gasteiger partial charge is 0.315 e. The van der Waals surface area contributed by atoms with Crippen LogP contribution in [0.1, 0.15) is 25.3 Å². The molecular weight excluding hydrogens is 485 g/mol. The first-order chi connectivity index (χ1) is 16.8. The van der Waals surface area contributed by atoms with Gasteiger partial charge in [0.15, 0.2) is 0 Å². The fourth-order valence-electron chi connectivity index (χ4n) is 4.19. The van der Waals surface area contributed by atoms with E-state index in [1.165, 1.54) is 6.08 Å². The van der Waals surface area contributed by atoms with Gasteiger partial charge in [-0.1, -0.05) is 85.6 Å². The molecule has 0 radical (unpaired) electrons. The molecule has 7 heteroatoms. The molecule has 0 aliphatic rings. The Morgan fingerprint density at radius 2 is 1.51 bits per heavy atom. The zero-order valence-electron chi connectivity index (χ0n) is 19.3. The minimum Gasteiger partial charge on any atom is -0.485 e. The van der Waals surface area contributed by atoms with Crippen molar-refractivity contribution in [2.75, 3.05) is 0 Å². The lowest BCUT2D eigenvalue weighted by atomic mass is 9.62. The van der Waals surface area contributed by atoms with Gasteiger partial charge < -0.3 is 14.6 Å². The molecule has 3 aromatic carbocycles. The summed E-state index contributed by atoms with van der Waals surface area (Å²) >= 11 is 12.0. The molecule has 1 N–H and O–H groups in total. The lowest BCUT2D eigenvalue weighted by molar-refractivity contribution is -0.159. The maximum Gasteiger partial charge on any atom is 0.315 e. The Bertz CT molecular complexity index is 1200. The molecule has 0 heterocycles. The molecule has 0 amide bonds. The number of carboxylic acids is 1. The van der Waals surface area contributed by atoms with Crippen LogP contribution in [-0.2, 0) is 4.79 Å². The minimum atomic E-state index is -1.75. The van der Waals surface area contributed by atoms with Crippen molar-refractivity contribution in [1.29, 1.82) is 5.26 Å². The van der Waals surface area contributed by atoms with Crippen molar-refractivity contribution in [2.24, 2.45) is 11.3 Å². The number of ether oxygens (including phenoxy) is 2. The number of hydrogen-bond acceptors (Lipinski definition) is 4. The standard InChI is InChI=1S/C28H25Cl2NO4/c1-19(2)28(27(32)33,25(17-26(29)30)35-22-13-7-4-8-14-22)24(18-31)20-10-9-15-23(16-20)34-21-11-5-3-6-12-21/h3-17,19,24-25H,1-2H3,(H,32,33). The summed E-state index contributed by atoms with van der Waals surface area (Å²) in [6.07, 6.45) is 0.176. The van der Waals surface area contributed by atoms with Crippen LogP contribution >= 0.6 is 23.2 Å². The number of nitrogens with zero attached hydrogens (tertiary/aromatic N) is 1. The molecule has 180 valence electrons. The Morgan fingerprint density at radius 3 is 2.03 bits per heavy atom. The van der Waals surface area contributed by atoms with E-state index in [9.17, 15) is 15.2 Å². The van der Waals surface area contributed by atoms with Crippen molar-refractivity contribution in [3.05, 3.63) is 101 Å². The monoisotopic (exact) mass is 509 g/mol. The number of carbonyl (C=O) groups is 1. The number of hydrogen-bond donors (Lipinski definition) is 1. The second-order valence-electron chi connectivity index (χ2n) is 8.25. The highest BCUT2D eigenvalue weighted by Crippen LogP contribution is 2.48. The van der Waals surface area contributed by atoms with Crippen molar-refractivity contribution in [1.82, 2.24) is 0 Å². The highest BCUT2D eigenvalue weighted by molar-refractivity contribution is 6.55. The third-order valence-corrected chi connectivity index (χ3v) is 6.11. The van der Waals surface area contributed by atoms with Crippen LogP contribution in [0.25, 0.3) is 0 Å². The van der Waals surface area contributed by atoms with Crippen molar-refractivity contribution >= 4 is 29.2 Å². The van der Waals surface area contributed by atoms with Gasteiger partial charge in [0.1, 0.15) is 33.3 Å². The van der Waals surface area contributed by atoms with Crippen LogP contribution in [0.2, 0.25) is 0 Å². The molecule has 3 atom stereocenters. The first-order valence-electron chi connectivity index (χ1n) is 11.0. The Labute approximate surface area is 215 Å². The SMILES string of the molecule is CC(C)C(C(=O)O)(C(C=C(Cl)Cl)Oc1ccccc1)C(C#N)c1cccc(Oc2ccccc2)c1. The number of rotatable bonds is 10. The number of para-hydroxylation sites is 2. The van der Waals surface area contributed by atoms with E-state index in [4.69, 9.17) is 32.7 Å². The maximum atomic E-state index is 13.0. The average Bonchev–Trinajstić information content (AvgIpc) is 2.82. The Morgan fingerprint density at radius 1 is 0.943 bits per heavy atom. The molecule has 35 heavy (non-hydrogen) atoms. The van der Waals surface area contributed by atoms with E-state index in [1.807, 2.05) is 24.3 Å². The molecule has 5 nitrogen and oxygen atoms in total. The van der Waals surface area contributed by atoms with Crippen molar-refractivity contribution in [3.8, 4) is 23.3 Å². The van der Waals surface area contributed by atoms with E-state index >= 15 is 0 Å². The van der Waals surface area contributed by atoms with Gasteiger partial charge in [-0.3, -0.25) is 4.79 Å². The number of halogens is 2. The molecule has 3 unspecified atom stereocenters. The van der Waals surface area contributed by atoms with Crippen LogP contribution in [0.15, 0.2) is 95.5 Å². The molecular formula is C28H25Cl2NO4. The van der Waals surface area contributed by atoms with Gasteiger partial charge in [-0.05, 0) is 54.0 Å². The number of carboxylic acid groups (broad SMARTS) is 1. The maximum absolute atomic E-state index is 13.0. The molecule has 0 bridgehead atoms. The third-order valence-electron chi connectivity index (χ3n) is 5.86. The first-order valence-corrected chi connectivity index (χ1v) is 11.7. The van der Waals surface area contributed by atoms with Crippen LogP contribution in [0.3, 0.4) is 0 Å². The van der Waals surface area contributed by atoms with E-state index in [0.29, 0.717) is 22.8 Å². The summed E-state index contributed by atoms with van der Waals surface area (Å²) < 4.78 is 11.9. The minimum absolute atomic E-state index is 0.157. The second kappa shape index (κ2) is 11.8. The summed E-state index contributed by atoms with van der Waals surface area (Å²) in [5, 5.41) is 21.0. The Hall–Kier alpha value is -3.46. The number of benzene rings is 3. The second-order valence-corrected chi connectivity index (χ2v) is 9.26. The zero-order valence-corrected chi connectivity index (χ0v) is 20.8. The molecule has 0 saturated carbocycles. The molecule has 0 spiro atoms. The largest absolute Gasteiger partial charge is 0.485 e. The van der Waals surface area contributed by atoms with E-state index in [2.05, 4.69) is 6.07 Å². The van der Waals surface area contributed by atoms with Gasteiger partial charge in [-0.15, -0.1) is 0 Å². The normalized spacial score (nSPS) is 14.2. The van der Waals surface area contributed by atoms with E-state index < -0.39 is 29.3 Å². The van der Waals surface area contributed by atoms with Gasteiger partial charge in [0.2, 0.25) is 0 Å². The predicted molar refractivity (Wildman–Crippen MR) is 137 cm³/mol. The van der Waals surface area contributed by atoms with E-state index in [-0.39, 0.29) is 4.49 Å². The van der Waals surface area contributed by atoms with Gasteiger partial charge in [-0.25, -0.2) is 0 Å². The molecule has 0 aliphatic heterocycles. The Kier molecular flexibility index (Phi) is 8.81. The molecule has 0 aliphatic carbocycles. The topological polar surface area (TPSA) is 79.5 Å². The first kappa shape index (κ1) is 26.2. The highest BCUT2D eigenvalue weighted by Gasteiger charge is 2.56. The molecule has 3 aromatic rings. The van der Waals surface area contributed by atoms with Gasteiger partial charge in [0, 0.05) is 0 Å². The summed E-state index contributed by atoms with van der Waals surface area (Å²) in [6.45, 7) is 3.47. The highest BCUT2D eigenvalue weighted by atomic mass is 35.5. The predicted octanol–water partition coefficient (Wildman–Crippen LogP) is 7.58. The lowest BCUT2D eigenvalue weighted by Crippen LogP contribution is -2.52. The summed E-state index contributed by atoms with van der Waals surface area (Å²) in [5.41, 5.74) is -1.27. The third kappa shape index (κ3) is 5.97. The quantitative estimate of drug-likeness (QED) is 0.304. The summed E-state index contributed by atoms with van der Waals surface area (Å²) in [5.74, 6) is -1.37. The Balaban J connectivity index is 2.14. The summed E-state index contributed by atoms with van der Waals surface area (Å²) in [7, 11) is 0. The van der Waals surface area contributed by atoms with Gasteiger partial charge in [-0.2, -0.15) is 5.26 Å². The van der Waals surface area contributed by atoms with Crippen LogP contribution in [0, 0.1) is 22.7 Å². The number of aliphatic carboxylic acids is 1. The van der Waals surface area contributed by atoms with Crippen molar-refractivity contribution in [3.63, 3.8) is 0 Å². The van der Waals surface area contributed by atoms with Crippen LogP contribution in [-0.4, -0.2) is 17.2 Å². The lowest BCUT2D eigenvalue weighted by Gasteiger charge is -2.42. The van der Waals surface area contributed by atoms with Gasteiger partial charge in [0.05, 0.1) is 12.0 Å². The zero-order chi connectivity index (χ0) is 25.4. The van der Waals surface area contributed by atoms with Gasteiger partial charge in [0.25, 0.3) is 0 Å². The van der Waals surface area contributed by atoms with Crippen LogP contribution in [0.5, 0.6) is 17.2 Å². The van der Waals surface area contributed by atoms with Crippen molar-refractivity contribution < 1.29 is 19.4 Å². The van der Waals surface area contributed by atoms with Crippen molar-refractivity contribution in [2.45, 2.75) is 25.9 Å². The fraction of sp³-hybridized carbons (Fsp3) is 0.214. The molecule has 0 aromatic heterocycles. The van der Waals surface area contributed by atoms with Gasteiger partial charge >= 0.3 is 5.97 Å². The summed E-state index contributed by atoms with van der Waals surface area (Å²) in [4.78, 5) is 13.0. The van der Waals surface area contributed by atoms with Crippen LogP contribution < -0.4 is 9.47 Å². The van der Waals surface area contributed by atoms with E-state index in [1.54, 1.807) is 74.5 Å².